The highest BCUT2D eigenvalue weighted by Gasteiger charge is 2.43. The van der Waals surface area contributed by atoms with Crippen LogP contribution in [0.1, 0.15) is 46.6 Å². The number of amides is 1. The molecule has 0 spiro atoms. The van der Waals surface area contributed by atoms with E-state index in [4.69, 9.17) is 4.74 Å². The first-order valence-corrected chi connectivity index (χ1v) is 11.6. The zero-order valence-corrected chi connectivity index (χ0v) is 18.7. The van der Waals surface area contributed by atoms with Crippen molar-refractivity contribution < 1.29 is 19.4 Å². The quantitative estimate of drug-likeness (QED) is 0.664. The summed E-state index contributed by atoms with van der Waals surface area (Å²) in [4.78, 5) is 30.7. The van der Waals surface area contributed by atoms with Gasteiger partial charge in [-0.3, -0.25) is 14.5 Å². The Balaban J connectivity index is 1.66. The van der Waals surface area contributed by atoms with Crippen molar-refractivity contribution in [1.82, 2.24) is 9.80 Å². The second kappa shape index (κ2) is 9.34. The van der Waals surface area contributed by atoms with E-state index >= 15 is 0 Å². The summed E-state index contributed by atoms with van der Waals surface area (Å²) in [5.74, 6) is -0.815. The first-order valence-electron chi connectivity index (χ1n) is 10.7. The summed E-state index contributed by atoms with van der Waals surface area (Å²) in [6.07, 6.45) is 0. The second-order valence-corrected chi connectivity index (χ2v) is 9.19. The third-order valence-corrected chi connectivity index (χ3v) is 6.84. The number of ketones is 1. The first-order chi connectivity index (χ1) is 15.0. The van der Waals surface area contributed by atoms with Crippen LogP contribution in [0.15, 0.2) is 53.1 Å². The fraction of sp³-hybridized carbons (Fsp3) is 0.417. The molecule has 1 saturated heterocycles. The number of hydrogen-bond acceptors (Lipinski definition) is 6. The van der Waals surface area contributed by atoms with Crippen LogP contribution < -0.4 is 0 Å². The van der Waals surface area contributed by atoms with Crippen LogP contribution in [-0.4, -0.2) is 66.0 Å². The molecule has 1 fully saturated rings. The summed E-state index contributed by atoms with van der Waals surface area (Å²) < 4.78 is 5.41. The van der Waals surface area contributed by atoms with Crippen LogP contribution in [0.25, 0.3) is 0 Å². The highest BCUT2D eigenvalue weighted by atomic mass is 32.1. The fourth-order valence-corrected chi connectivity index (χ4v) is 4.82. The Morgan fingerprint density at radius 1 is 1.16 bits per heavy atom. The van der Waals surface area contributed by atoms with Crippen LogP contribution >= 0.6 is 11.3 Å². The van der Waals surface area contributed by atoms with Crippen molar-refractivity contribution in [2.75, 3.05) is 39.4 Å². The minimum Gasteiger partial charge on any atom is -0.503 e. The molecule has 6 nitrogen and oxygen atoms in total. The average Bonchev–Trinajstić information content (AvgIpc) is 3.41. The number of Topliss-reactive ketones (excluding diaryl/α,β-unsaturated/α-hetero) is 1. The lowest BCUT2D eigenvalue weighted by molar-refractivity contribution is -0.129. The van der Waals surface area contributed by atoms with E-state index in [2.05, 4.69) is 18.7 Å². The Morgan fingerprint density at radius 2 is 1.87 bits per heavy atom. The van der Waals surface area contributed by atoms with Crippen molar-refractivity contribution in [2.24, 2.45) is 0 Å². The SMILES string of the molecule is CC(C)c1ccc([C@@H]2C(C(=O)c3cccs3)=C(O)C(=O)N2CCN2CCOCC2)cc1. The van der Waals surface area contributed by atoms with E-state index in [-0.39, 0.29) is 11.4 Å². The zero-order chi connectivity index (χ0) is 22.0. The van der Waals surface area contributed by atoms with Gasteiger partial charge in [0.1, 0.15) is 0 Å². The van der Waals surface area contributed by atoms with Gasteiger partial charge in [0.2, 0.25) is 5.78 Å². The Hall–Kier alpha value is -2.48. The van der Waals surface area contributed by atoms with Gasteiger partial charge in [-0.1, -0.05) is 44.2 Å². The zero-order valence-electron chi connectivity index (χ0n) is 17.9. The van der Waals surface area contributed by atoms with Gasteiger partial charge in [0.25, 0.3) is 5.91 Å². The van der Waals surface area contributed by atoms with E-state index in [1.807, 2.05) is 29.6 Å². The van der Waals surface area contributed by atoms with Crippen LogP contribution in [0.3, 0.4) is 0 Å². The third-order valence-electron chi connectivity index (χ3n) is 5.97. The number of nitrogens with zero attached hydrogens (tertiary/aromatic N) is 2. The summed E-state index contributed by atoms with van der Waals surface area (Å²) in [5, 5.41) is 12.6. The molecule has 0 radical (unpaired) electrons. The van der Waals surface area contributed by atoms with E-state index in [0.29, 0.717) is 37.1 Å². The lowest BCUT2D eigenvalue weighted by Crippen LogP contribution is -2.43. The maximum absolute atomic E-state index is 13.3. The molecular formula is C24H28N2O4S. The summed E-state index contributed by atoms with van der Waals surface area (Å²) >= 11 is 1.32. The van der Waals surface area contributed by atoms with Gasteiger partial charge in [0.15, 0.2) is 5.76 Å². The van der Waals surface area contributed by atoms with E-state index in [0.717, 1.165) is 18.7 Å². The number of rotatable bonds is 7. The molecule has 1 amide bonds. The molecule has 31 heavy (non-hydrogen) atoms. The maximum atomic E-state index is 13.3. The van der Waals surface area contributed by atoms with Gasteiger partial charge in [-0.05, 0) is 28.5 Å². The molecule has 164 valence electrons. The number of morpholine rings is 1. The molecule has 1 aromatic heterocycles. The monoisotopic (exact) mass is 440 g/mol. The molecule has 2 aliphatic rings. The fourth-order valence-electron chi connectivity index (χ4n) is 4.14. The van der Waals surface area contributed by atoms with Gasteiger partial charge >= 0.3 is 0 Å². The van der Waals surface area contributed by atoms with Crippen LogP contribution in [0.4, 0.5) is 0 Å². The minimum absolute atomic E-state index is 0.173. The van der Waals surface area contributed by atoms with E-state index in [1.165, 1.54) is 16.9 Å². The predicted octanol–water partition coefficient (Wildman–Crippen LogP) is 3.78. The second-order valence-electron chi connectivity index (χ2n) is 8.25. The number of ether oxygens (including phenoxy) is 1. The maximum Gasteiger partial charge on any atom is 0.290 e. The highest BCUT2D eigenvalue weighted by Crippen LogP contribution is 2.39. The van der Waals surface area contributed by atoms with Crippen molar-refractivity contribution in [2.45, 2.75) is 25.8 Å². The summed E-state index contributed by atoms with van der Waals surface area (Å²) in [6, 6.07) is 10.9. The van der Waals surface area contributed by atoms with E-state index < -0.39 is 17.7 Å². The summed E-state index contributed by atoms with van der Waals surface area (Å²) in [6.45, 7) is 8.34. The number of aliphatic hydroxyl groups excluding tert-OH is 1. The topological polar surface area (TPSA) is 70.1 Å². The molecule has 0 unspecified atom stereocenters. The lowest BCUT2D eigenvalue weighted by atomic mass is 9.93. The lowest BCUT2D eigenvalue weighted by Gasteiger charge is -2.31. The number of aliphatic hydroxyl groups is 1. The Morgan fingerprint density at radius 3 is 2.48 bits per heavy atom. The smallest absolute Gasteiger partial charge is 0.290 e. The number of benzene rings is 1. The van der Waals surface area contributed by atoms with Crippen LogP contribution in [0.5, 0.6) is 0 Å². The van der Waals surface area contributed by atoms with Crippen LogP contribution in [-0.2, 0) is 9.53 Å². The van der Waals surface area contributed by atoms with Crippen molar-refractivity contribution in [3.05, 3.63) is 69.1 Å². The van der Waals surface area contributed by atoms with Gasteiger partial charge in [0.05, 0.1) is 29.7 Å². The van der Waals surface area contributed by atoms with Gasteiger partial charge < -0.3 is 14.7 Å². The van der Waals surface area contributed by atoms with Crippen molar-refractivity contribution >= 4 is 23.0 Å². The predicted molar refractivity (Wildman–Crippen MR) is 121 cm³/mol. The normalized spacial score (nSPS) is 20.2. The number of thiophene rings is 1. The van der Waals surface area contributed by atoms with E-state index in [9.17, 15) is 14.7 Å². The molecule has 2 aromatic rings. The third kappa shape index (κ3) is 4.44. The van der Waals surface area contributed by atoms with Gasteiger partial charge in [-0.2, -0.15) is 0 Å². The van der Waals surface area contributed by atoms with Crippen LogP contribution in [0.2, 0.25) is 0 Å². The summed E-state index contributed by atoms with van der Waals surface area (Å²) in [7, 11) is 0. The molecule has 0 bridgehead atoms. The molecule has 2 aliphatic heterocycles. The van der Waals surface area contributed by atoms with Crippen molar-refractivity contribution in [3.63, 3.8) is 0 Å². The van der Waals surface area contributed by atoms with E-state index in [1.54, 1.807) is 17.0 Å². The highest BCUT2D eigenvalue weighted by molar-refractivity contribution is 7.12. The number of hydrogen-bond donors (Lipinski definition) is 1. The summed E-state index contributed by atoms with van der Waals surface area (Å²) in [5.41, 5.74) is 2.20. The van der Waals surface area contributed by atoms with Gasteiger partial charge in [0, 0.05) is 26.2 Å². The number of carbonyl (C=O) groups excluding carboxylic acids is 2. The Labute approximate surface area is 186 Å². The molecule has 4 rings (SSSR count). The van der Waals surface area contributed by atoms with Gasteiger partial charge in [-0.15, -0.1) is 11.3 Å². The molecule has 1 atom stereocenters. The minimum atomic E-state index is -0.593. The molecule has 1 N–H and O–H groups in total. The molecule has 0 aliphatic carbocycles. The van der Waals surface area contributed by atoms with Gasteiger partial charge in [-0.25, -0.2) is 0 Å². The first kappa shape index (κ1) is 21.7. The Bertz CT molecular complexity index is 960. The van der Waals surface area contributed by atoms with Crippen LogP contribution in [0, 0.1) is 0 Å². The number of carbonyl (C=O) groups is 2. The van der Waals surface area contributed by atoms with Crippen molar-refractivity contribution in [3.8, 4) is 0 Å². The average molecular weight is 441 g/mol. The van der Waals surface area contributed by atoms with Crippen molar-refractivity contribution in [1.29, 1.82) is 0 Å². The molecular weight excluding hydrogens is 412 g/mol. The Kier molecular flexibility index (Phi) is 6.55. The molecule has 7 heteroatoms. The standard InChI is InChI=1S/C24H28N2O4S/c1-16(2)17-5-7-18(8-6-17)21-20(22(27)19-4-3-15-31-19)23(28)24(29)26(21)10-9-25-11-13-30-14-12-25/h3-8,15-16,21,28H,9-14H2,1-2H3/t21-/m1/s1. The molecule has 3 heterocycles. The largest absolute Gasteiger partial charge is 0.503 e. The molecule has 0 saturated carbocycles. The molecule has 1 aromatic carbocycles.